The predicted molar refractivity (Wildman–Crippen MR) is 81.7 cm³/mol. The molecule has 114 valence electrons. The lowest BCUT2D eigenvalue weighted by Gasteiger charge is -2.11. The monoisotopic (exact) mass is 301 g/mol. The van der Waals surface area contributed by atoms with Gasteiger partial charge in [-0.1, -0.05) is 12.1 Å². The predicted octanol–water partition coefficient (Wildman–Crippen LogP) is 1.49. The molecule has 1 heterocycles. The summed E-state index contributed by atoms with van der Waals surface area (Å²) in [5, 5.41) is 0. The highest BCUT2D eigenvalue weighted by Crippen LogP contribution is 2.14. The Morgan fingerprint density at radius 1 is 1.23 bits per heavy atom. The van der Waals surface area contributed by atoms with Gasteiger partial charge in [-0.05, 0) is 26.0 Å². The molecule has 0 unspecified atom stereocenters. The smallest absolute Gasteiger partial charge is 0.271 e. The molecule has 0 saturated carbocycles. The van der Waals surface area contributed by atoms with Gasteiger partial charge in [0.25, 0.3) is 5.91 Å². The van der Waals surface area contributed by atoms with E-state index in [2.05, 4.69) is 10.9 Å². The van der Waals surface area contributed by atoms with Crippen LogP contribution in [0.15, 0.2) is 39.5 Å². The first-order valence-corrected chi connectivity index (χ1v) is 6.46. The van der Waals surface area contributed by atoms with Crippen LogP contribution in [0.4, 0.5) is 11.6 Å². The molecule has 0 aliphatic rings. The fourth-order valence-corrected chi connectivity index (χ4v) is 1.92. The van der Waals surface area contributed by atoms with Gasteiger partial charge in [-0.2, -0.15) is 0 Å². The van der Waals surface area contributed by atoms with Crippen molar-refractivity contribution in [1.29, 1.82) is 0 Å². The van der Waals surface area contributed by atoms with Crippen LogP contribution in [0.3, 0.4) is 0 Å². The van der Waals surface area contributed by atoms with Gasteiger partial charge in [0.1, 0.15) is 11.3 Å². The quantitative estimate of drug-likeness (QED) is 0.448. The van der Waals surface area contributed by atoms with E-state index in [0.717, 1.165) is 0 Å². The molecule has 2 rings (SSSR count). The third-order valence-electron chi connectivity index (χ3n) is 2.92. The van der Waals surface area contributed by atoms with Crippen molar-refractivity contribution in [3.63, 3.8) is 0 Å². The van der Waals surface area contributed by atoms with E-state index in [-0.39, 0.29) is 17.0 Å². The standard InChI is InChI=1S/C15H15N3O4/c1-8-7-12(20)13(9(2)19)15(22-8)18-17-14(21)10-5-3-4-6-11(10)16/h3-7,18H,16H2,1-2H3,(H,17,21). The van der Waals surface area contributed by atoms with E-state index >= 15 is 0 Å². The number of benzene rings is 1. The molecule has 0 saturated heterocycles. The van der Waals surface area contributed by atoms with Gasteiger partial charge in [-0.3, -0.25) is 25.2 Å². The van der Waals surface area contributed by atoms with Crippen LogP contribution >= 0.6 is 0 Å². The van der Waals surface area contributed by atoms with E-state index in [1.54, 1.807) is 31.2 Å². The van der Waals surface area contributed by atoms with Crippen LogP contribution in [0.25, 0.3) is 0 Å². The summed E-state index contributed by atoms with van der Waals surface area (Å²) in [5.41, 5.74) is 10.4. The van der Waals surface area contributed by atoms with Crippen LogP contribution in [-0.4, -0.2) is 11.7 Å². The van der Waals surface area contributed by atoms with Crippen molar-refractivity contribution < 1.29 is 14.0 Å². The van der Waals surface area contributed by atoms with Gasteiger partial charge in [0, 0.05) is 11.8 Å². The van der Waals surface area contributed by atoms with Gasteiger partial charge >= 0.3 is 0 Å². The topological polar surface area (TPSA) is 114 Å². The molecular weight excluding hydrogens is 286 g/mol. The molecule has 0 aliphatic carbocycles. The van der Waals surface area contributed by atoms with Crippen LogP contribution in [0.5, 0.6) is 0 Å². The summed E-state index contributed by atoms with van der Waals surface area (Å²) in [4.78, 5) is 35.4. The summed E-state index contributed by atoms with van der Waals surface area (Å²) in [5.74, 6) is -0.784. The zero-order chi connectivity index (χ0) is 16.3. The Morgan fingerprint density at radius 3 is 2.55 bits per heavy atom. The Morgan fingerprint density at radius 2 is 1.91 bits per heavy atom. The van der Waals surface area contributed by atoms with E-state index in [9.17, 15) is 14.4 Å². The molecule has 7 heteroatoms. The van der Waals surface area contributed by atoms with Gasteiger partial charge in [0.15, 0.2) is 11.2 Å². The van der Waals surface area contributed by atoms with Gasteiger partial charge in [0.05, 0.1) is 5.56 Å². The van der Waals surface area contributed by atoms with Gasteiger partial charge in [0.2, 0.25) is 5.88 Å². The first kappa shape index (κ1) is 15.3. The Balaban J connectivity index is 2.26. The van der Waals surface area contributed by atoms with Crippen molar-refractivity contribution in [2.75, 3.05) is 11.2 Å². The second-order valence-electron chi connectivity index (χ2n) is 4.65. The molecule has 0 fully saturated rings. The number of carbonyl (C=O) groups is 2. The van der Waals surface area contributed by atoms with Crippen molar-refractivity contribution in [3.8, 4) is 0 Å². The number of hydrazine groups is 1. The van der Waals surface area contributed by atoms with Crippen molar-refractivity contribution >= 4 is 23.3 Å². The maximum atomic E-state index is 12.0. The average molecular weight is 301 g/mol. The molecule has 2 aromatic rings. The normalized spacial score (nSPS) is 10.1. The number of Topliss-reactive ketones (excluding diaryl/α,β-unsaturated/α-hetero) is 1. The van der Waals surface area contributed by atoms with Crippen molar-refractivity contribution in [1.82, 2.24) is 5.43 Å². The van der Waals surface area contributed by atoms with E-state index in [0.29, 0.717) is 11.4 Å². The van der Waals surface area contributed by atoms with E-state index in [1.165, 1.54) is 13.0 Å². The molecule has 0 bridgehead atoms. The van der Waals surface area contributed by atoms with Gasteiger partial charge in [-0.25, -0.2) is 0 Å². The summed E-state index contributed by atoms with van der Waals surface area (Å²) in [7, 11) is 0. The lowest BCUT2D eigenvalue weighted by molar-refractivity contribution is 0.0958. The maximum absolute atomic E-state index is 12.0. The highest BCUT2D eigenvalue weighted by molar-refractivity contribution is 6.01. The number of aryl methyl sites for hydroxylation is 1. The lowest BCUT2D eigenvalue weighted by Crippen LogP contribution is -2.32. The SMILES string of the molecule is CC(=O)c1c(NNC(=O)c2ccccc2N)oc(C)cc1=O. The minimum absolute atomic E-state index is 0.111. The number of nitrogen functional groups attached to an aromatic ring is 1. The summed E-state index contributed by atoms with van der Waals surface area (Å²) in [6, 6.07) is 7.71. The van der Waals surface area contributed by atoms with Gasteiger partial charge in [-0.15, -0.1) is 0 Å². The van der Waals surface area contributed by atoms with E-state index in [4.69, 9.17) is 10.2 Å². The number of carbonyl (C=O) groups excluding carboxylic acids is 2. The van der Waals surface area contributed by atoms with Crippen LogP contribution in [0.1, 0.15) is 33.4 Å². The molecule has 7 nitrogen and oxygen atoms in total. The Bertz CT molecular complexity index is 796. The number of nitrogens with one attached hydrogen (secondary N) is 2. The number of hydrogen-bond acceptors (Lipinski definition) is 6. The number of hydrogen-bond donors (Lipinski definition) is 3. The third-order valence-corrected chi connectivity index (χ3v) is 2.92. The lowest BCUT2D eigenvalue weighted by atomic mass is 10.2. The molecule has 1 amide bonds. The maximum Gasteiger partial charge on any atom is 0.271 e. The molecule has 22 heavy (non-hydrogen) atoms. The van der Waals surface area contributed by atoms with Crippen LogP contribution < -0.4 is 22.0 Å². The third kappa shape index (κ3) is 3.14. The minimum atomic E-state index is -0.517. The second kappa shape index (κ2) is 6.13. The highest BCUT2D eigenvalue weighted by Gasteiger charge is 2.16. The average Bonchev–Trinajstić information content (AvgIpc) is 2.44. The van der Waals surface area contributed by atoms with Crippen molar-refractivity contribution in [2.45, 2.75) is 13.8 Å². The number of rotatable bonds is 4. The van der Waals surface area contributed by atoms with E-state index < -0.39 is 17.1 Å². The number of para-hydroxylation sites is 1. The molecule has 4 N–H and O–H groups in total. The number of ketones is 1. The summed E-state index contributed by atoms with van der Waals surface area (Å²) < 4.78 is 5.29. The largest absolute Gasteiger partial charge is 0.443 e. The molecule has 0 radical (unpaired) electrons. The van der Waals surface area contributed by atoms with Crippen LogP contribution in [0, 0.1) is 6.92 Å². The van der Waals surface area contributed by atoms with Crippen molar-refractivity contribution in [2.24, 2.45) is 0 Å². The fourth-order valence-electron chi connectivity index (χ4n) is 1.92. The number of amides is 1. The molecule has 0 spiro atoms. The van der Waals surface area contributed by atoms with Crippen molar-refractivity contribution in [3.05, 3.63) is 57.4 Å². The Labute approximate surface area is 126 Å². The Hall–Kier alpha value is -3.09. The summed E-state index contributed by atoms with van der Waals surface area (Å²) in [6.07, 6.45) is 0. The number of nitrogens with two attached hydrogens (primary N) is 1. The van der Waals surface area contributed by atoms with Gasteiger partial charge < -0.3 is 10.2 Å². The molecule has 1 aromatic heterocycles. The number of anilines is 2. The fraction of sp³-hybridized carbons (Fsp3) is 0.133. The summed E-state index contributed by atoms with van der Waals surface area (Å²) in [6.45, 7) is 2.80. The molecule has 0 aliphatic heterocycles. The highest BCUT2D eigenvalue weighted by atomic mass is 16.4. The second-order valence-corrected chi connectivity index (χ2v) is 4.65. The zero-order valence-corrected chi connectivity index (χ0v) is 12.1. The molecule has 1 aromatic carbocycles. The first-order valence-electron chi connectivity index (χ1n) is 6.46. The summed E-state index contributed by atoms with van der Waals surface area (Å²) >= 11 is 0. The van der Waals surface area contributed by atoms with Crippen LogP contribution in [-0.2, 0) is 0 Å². The Kier molecular flexibility index (Phi) is 4.26. The van der Waals surface area contributed by atoms with Crippen LogP contribution in [0.2, 0.25) is 0 Å². The molecular formula is C15H15N3O4. The minimum Gasteiger partial charge on any atom is -0.443 e. The zero-order valence-electron chi connectivity index (χ0n) is 12.1. The first-order chi connectivity index (χ1) is 10.4. The molecule has 0 atom stereocenters. The van der Waals surface area contributed by atoms with E-state index in [1.807, 2.05) is 0 Å².